The summed E-state index contributed by atoms with van der Waals surface area (Å²) in [6, 6.07) is -0.0636. The van der Waals surface area contributed by atoms with Crippen molar-refractivity contribution in [1.82, 2.24) is 4.90 Å². The van der Waals surface area contributed by atoms with Gasteiger partial charge < -0.3 is 44.2 Å². The number of aliphatic hydroxyl groups excluding tert-OH is 2. The van der Waals surface area contributed by atoms with Gasteiger partial charge in [-0.1, -0.05) is 6.92 Å². The van der Waals surface area contributed by atoms with Crippen molar-refractivity contribution in [3.63, 3.8) is 0 Å². The number of carbonyl (C=O) groups is 1. The minimum atomic E-state index is -1.43. The van der Waals surface area contributed by atoms with Crippen LogP contribution in [0, 0.1) is 34.5 Å². The van der Waals surface area contributed by atoms with E-state index in [0.717, 1.165) is 6.54 Å². The lowest BCUT2D eigenvalue weighted by atomic mass is 9.42. The van der Waals surface area contributed by atoms with Crippen molar-refractivity contribution >= 4 is 5.78 Å². The fourth-order valence-electron chi connectivity index (χ4n) is 10.9. The predicted octanol–water partition coefficient (Wildman–Crippen LogP) is -0.163. The van der Waals surface area contributed by atoms with E-state index in [-0.39, 0.29) is 48.2 Å². The topological polar surface area (TPSA) is 138 Å². The number of Topliss-reactive ketones (excluding diaryl/α,β-unsaturated/α-hetero) is 1. The summed E-state index contributed by atoms with van der Waals surface area (Å²) < 4.78 is 24.0. The van der Waals surface area contributed by atoms with E-state index in [2.05, 4.69) is 11.8 Å². The van der Waals surface area contributed by atoms with Crippen LogP contribution in [-0.2, 0) is 23.7 Å². The molecule has 4 N–H and O–H groups in total. The summed E-state index contributed by atoms with van der Waals surface area (Å²) in [5.74, 6) is -1.03. The number of hydrogen-bond donors (Lipinski definition) is 4. The van der Waals surface area contributed by atoms with E-state index in [4.69, 9.17) is 18.9 Å². The van der Waals surface area contributed by atoms with Crippen molar-refractivity contribution in [2.45, 2.75) is 87.8 Å². The quantitative estimate of drug-likeness (QED) is 0.359. The molecule has 0 radical (unpaired) electrons. The molecule has 10 heteroatoms. The highest BCUT2D eigenvalue weighted by molar-refractivity contribution is 5.72. The standard InChI is InChI=1S/C25H41NO8.C3H6O/c1-6-26-10-22(11-31-2)13(27)7-14(32-3)25-12-8-23(29)15(33-4)9-24(30,16(12)21(23)28)17(20(25)26)18(34-5)19(22)25;1-3(2)4/h12-21,27-30H,6-11H2,1-5H3;1-2H3/t12-,13-,14+,15+,16-,17+,18+,19-,20-,21-,22+,23+,24-,25+;/m1./s1. The largest absolute Gasteiger partial charge is 0.392 e. The number of methoxy groups -OCH3 is 4. The van der Waals surface area contributed by atoms with E-state index >= 15 is 0 Å². The Kier molecular flexibility index (Phi) is 7.15. The molecule has 5 saturated carbocycles. The molecule has 5 aliphatic carbocycles. The summed E-state index contributed by atoms with van der Waals surface area (Å²) in [4.78, 5) is 11.8. The fourth-order valence-corrected chi connectivity index (χ4v) is 10.9. The van der Waals surface area contributed by atoms with Crippen LogP contribution in [0.4, 0.5) is 0 Å². The number of aliphatic hydroxyl groups is 4. The second kappa shape index (κ2) is 9.42. The van der Waals surface area contributed by atoms with Crippen LogP contribution in [0.2, 0.25) is 0 Å². The first-order chi connectivity index (χ1) is 17.9. The number of carbonyl (C=O) groups excluding carboxylic acids is 1. The summed E-state index contributed by atoms with van der Waals surface area (Å²) in [7, 11) is 6.61. The Bertz CT molecular complexity index is 932. The molecule has 0 unspecified atom stereocenters. The maximum atomic E-state index is 12.6. The van der Waals surface area contributed by atoms with E-state index in [1.165, 1.54) is 13.8 Å². The molecule has 0 amide bonds. The van der Waals surface area contributed by atoms with Crippen molar-refractivity contribution in [2.75, 3.05) is 48.1 Å². The Hall–Kier alpha value is -0.690. The monoisotopic (exact) mass is 541 g/mol. The molecule has 14 atom stereocenters. The highest BCUT2D eigenvalue weighted by Gasteiger charge is 2.89. The molecular weight excluding hydrogens is 494 g/mol. The van der Waals surface area contributed by atoms with E-state index in [1.807, 2.05) is 0 Å². The molecule has 0 aromatic carbocycles. The van der Waals surface area contributed by atoms with Gasteiger partial charge in [-0.2, -0.15) is 0 Å². The number of hydrogen-bond acceptors (Lipinski definition) is 10. The van der Waals surface area contributed by atoms with Gasteiger partial charge in [0, 0.05) is 82.5 Å². The molecule has 6 aliphatic rings. The van der Waals surface area contributed by atoms with Gasteiger partial charge in [-0.15, -0.1) is 0 Å². The van der Waals surface area contributed by atoms with Gasteiger partial charge >= 0.3 is 0 Å². The van der Waals surface area contributed by atoms with Gasteiger partial charge in [-0.25, -0.2) is 0 Å². The number of piperidine rings is 1. The Morgan fingerprint density at radius 2 is 1.58 bits per heavy atom. The fraction of sp³-hybridized carbons (Fsp3) is 0.964. The molecule has 38 heavy (non-hydrogen) atoms. The SMILES string of the molecule is CC(C)=O.CCN1C[C@]2(COC)[C@H](O)C[C@H](OC)[C@@]34[C@@H]5C[C@]6(O)[C@@H](OC)C[C@@](O)([C@H]5[C@H]6O)[C@@H]([C@H](OC)[C@H]23)[C@@H]14. The van der Waals surface area contributed by atoms with Crippen molar-refractivity contribution in [3.8, 4) is 0 Å². The van der Waals surface area contributed by atoms with Crippen molar-refractivity contribution in [2.24, 2.45) is 34.5 Å². The molecule has 0 aromatic heterocycles. The lowest BCUT2D eigenvalue weighted by Gasteiger charge is -2.70. The van der Waals surface area contributed by atoms with Crippen molar-refractivity contribution in [1.29, 1.82) is 0 Å². The summed E-state index contributed by atoms with van der Waals surface area (Å²) in [5, 5.41) is 47.6. The number of rotatable bonds is 6. The zero-order valence-electron chi connectivity index (χ0n) is 23.8. The molecule has 6 fully saturated rings. The summed E-state index contributed by atoms with van der Waals surface area (Å²) in [5.41, 5.74) is -3.83. The third kappa shape index (κ3) is 3.18. The van der Waals surface area contributed by atoms with Gasteiger partial charge in [-0.3, -0.25) is 4.90 Å². The summed E-state index contributed by atoms with van der Waals surface area (Å²) >= 11 is 0. The summed E-state index contributed by atoms with van der Waals surface area (Å²) in [6.07, 6.45) is -2.06. The van der Waals surface area contributed by atoms with Crippen LogP contribution in [0.5, 0.6) is 0 Å². The van der Waals surface area contributed by atoms with Crippen molar-refractivity contribution < 1.29 is 44.2 Å². The third-order valence-electron chi connectivity index (χ3n) is 11.6. The molecule has 1 aliphatic heterocycles. The first-order valence-corrected chi connectivity index (χ1v) is 14.0. The number of ether oxygens (including phenoxy) is 4. The van der Waals surface area contributed by atoms with Gasteiger partial charge in [-0.05, 0) is 32.7 Å². The highest BCUT2D eigenvalue weighted by atomic mass is 16.5. The van der Waals surface area contributed by atoms with Crippen LogP contribution >= 0.6 is 0 Å². The second-order valence-electron chi connectivity index (χ2n) is 13.0. The van der Waals surface area contributed by atoms with E-state index in [9.17, 15) is 25.2 Å². The van der Waals surface area contributed by atoms with Gasteiger partial charge in [0.15, 0.2) is 0 Å². The molecule has 1 heterocycles. The van der Waals surface area contributed by atoms with Crippen LogP contribution < -0.4 is 0 Å². The predicted molar refractivity (Wildman–Crippen MR) is 136 cm³/mol. The van der Waals surface area contributed by atoms with E-state index in [0.29, 0.717) is 26.0 Å². The zero-order chi connectivity index (χ0) is 28.0. The molecule has 10 nitrogen and oxygen atoms in total. The Morgan fingerprint density at radius 1 is 0.947 bits per heavy atom. The van der Waals surface area contributed by atoms with Crippen LogP contribution in [0.15, 0.2) is 0 Å². The number of likely N-dealkylation sites (tertiary alicyclic amines) is 1. The molecule has 1 spiro atoms. The maximum Gasteiger partial charge on any atom is 0.126 e. The average Bonchev–Trinajstić information content (AvgIpc) is 3.22. The van der Waals surface area contributed by atoms with Crippen LogP contribution in [0.1, 0.15) is 40.0 Å². The second-order valence-corrected chi connectivity index (χ2v) is 13.0. The molecule has 7 bridgehead atoms. The number of ketones is 1. The van der Waals surface area contributed by atoms with E-state index < -0.39 is 46.3 Å². The zero-order valence-corrected chi connectivity index (χ0v) is 23.8. The first-order valence-electron chi connectivity index (χ1n) is 14.0. The lowest BCUT2D eigenvalue weighted by Crippen LogP contribution is -2.78. The maximum absolute atomic E-state index is 12.6. The van der Waals surface area contributed by atoms with Gasteiger partial charge in [0.1, 0.15) is 11.4 Å². The van der Waals surface area contributed by atoms with Crippen LogP contribution in [-0.4, -0.2) is 127 Å². The Labute approximate surface area is 225 Å². The van der Waals surface area contributed by atoms with Gasteiger partial charge in [0.05, 0.1) is 42.7 Å². The first kappa shape index (κ1) is 28.8. The molecule has 218 valence electrons. The minimum absolute atomic E-state index is 0.0636. The summed E-state index contributed by atoms with van der Waals surface area (Å²) in [6.45, 7) is 6.94. The third-order valence-corrected chi connectivity index (χ3v) is 11.6. The Balaban J connectivity index is 0.000000689. The van der Waals surface area contributed by atoms with Gasteiger partial charge in [0.2, 0.25) is 0 Å². The molecule has 0 aromatic rings. The molecular formula is C28H47NO9. The van der Waals surface area contributed by atoms with Crippen LogP contribution in [0.25, 0.3) is 0 Å². The average molecular weight is 542 g/mol. The normalized spacial score (nSPS) is 55.9. The number of nitrogens with zero attached hydrogens (tertiary/aromatic N) is 1. The minimum Gasteiger partial charge on any atom is -0.392 e. The smallest absolute Gasteiger partial charge is 0.126 e. The van der Waals surface area contributed by atoms with Crippen molar-refractivity contribution in [3.05, 3.63) is 0 Å². The van der Waals surface area contributed by atoms with Crippen LogP contribution in [0.3, 0.4) is 0 Å². The lowest BCUT2D eigenvalue weighted by molar-refractivity contribution is -0.298. The van der Waals surface area contributed by atoms with E-state index in [1.54, 1.807) is 28.4 Å². The Morgan fingerprint density at radius 3 is 2.11 bits per heavy atom. The molecule has 1 saturated heterocycles. The highest BCUT2D eigenvalue weighted by Crippen LogP contribution is 2.79. The number of fused-ring (bicyclic) bond motifs is 2. The molecule has 6 rings (SSSR count). The van der Waals surface area contributed by atoms with Gasteiger partial charge in [0.25, 0.3) is 0 Å².